The predicted molar refractivity (Wildman–Crippen MR) is 54.7 cm³/mol. The maximum atomic E-state index is 12.8. The molecule has 14 heavy (non-hydrogen) atoms. The summed E-state index contributed by atoms with van der Waals surface area (Å²) in [5.74, 6) is 7.63. The highest BCUT2D eigenvalue weighted by atomic mass is 19.1. The van der Waals surface area contributed by atoms with E-state index in [1.807, 2.05) is 6.92 Å². The maximum absolute atomic E-state index is 12.8. The van der Waals surface area contributed by atoms with Gasteiger partial charge in [-0.1, -0.05) is 6.07 Å². The van der Waals surface area contributed by atoms with Crippen LogP contribution in [0.5, 0.6) is 0 Å². The first kappa shape index (κ1) is 10.7. The molecule has 0 saturated carbocycles. The lowest BCUT2D eigenvalue weighted by Gasteiger charge is -2.15. The van der Waals surface area contributed by atoms with Crippen LogP contribution in [0.25, 0.3) is 0 Å². The Bertz CT molecular complexity index is 355. The Balaban J connectivity index is 2.99. The lowest BCUT2D eigenvalue weighted by molar-refractivity contribution is 0.561. The van der Waals surface area contributed by atoms with Gasteiger partial charge in [0.25, 0.3) is 0 Å². The van der Waals surface area contributed by atoms with Crippen molar-refractivity contribution in [2.45, 2.75) is 19.4 Å². The van der Waals surface area contributed by atoms with Crippen LogP contribution in [0.2, 0.25) is 0 Å². The molecule has 0 radical (unpaired) electrons. The zero-order valence-electron chi connectivity index (χ0n) is 8.05. The van der Waals surface area contributed by atoms with Gasteiger partial charge >= 0.3 is 0 Å². The van der Waals surface area contributed by atoms with Gasteiger partial charge in [-0.3, -0.25) is 11.3 Å². The molecule has 1 atom stereocenters. The van der Waals surface area contributed by atoms with E-state index >= 15 is 0 Å². The molecule has 0 spiro atoms. The van der Waals surface area contributed by atoms with Crippen molar-refractivity contribution in [2.24, 2.45) is 5.84 Å². The highest BCUT2D eigenvalue weighted by Gasteiger charge is 2.10. The van der Waals surface area contributed by atoms with Gasteiger partial charge in [-0.25, -0.2) is 4.39 Å². The number of nitrogens with one attached hydrogen (secondary N) is 1. The zero-order valence-corrected chi connectivity index (χ0v) is 8.05. The zero-order chi connectivity index (χ0) is 10.6. The van der Waals surface area contributed by atoms with Gasteiger partial charge in [0.2, 0.25) is 0 Å². The third kappa shape index (κ3) is 2.32. The molecule has 1 aromatic carbocycles. The summed E-state index contributed by atoms with van der Waals surface area (Å²) in [6.07, 6.45) is 5.69. The number of halogens is 1. The number of nitrogens with two attached hydrogens (primary N) is 1. The van der Waals surface area contributed by atoms with Crippen molar-refractivity contribution in [3.05, 3.63) is 35.1 Å². The smallest absolute Gasteiger partial charge is 0.123 e. The van der Waals surface area contributed by atoms with E-state index in [4.69, 9.17) is 12.3 Å². The highest BCUT2D eigenvalue weighted by molar-refractivity contribution is 5.30. The van der Waals surface area contributed by atoms with Crippen molar-refractivity contribution in [2.75, 3.05) is 0 Å². The van der Waals surface area contributed by atoms with Crippen molar-refractivity contribution < 1.29 is 4.39 Å². The van der Waals surface area contributed by atoms with Gasteiger partial charge in [-0.15, -0.1) is 12.3 Å². The third-order valence-corrected chi connectivity index (χ3v) is 2.13. The van der Waals surface area contributed by atoms with Crippen LogP contribution < -0.4 is 11.3 Å². The second-order valence-corrected chi connectivity index (χ2v) is 3.13. The molecule has 0 bridgehead atoms. The molecular weight excluding hydrogens is 179 g/mol. The van der Waals surface area contributed by atoms with Crippen LogP contribution in [0.15, 0.2) is 18.2 Å². The summed E-state index contributed by atoms with van der Waals surface area (Å²) in [7, 11) is 0. The minimum absolute atomic E-state index is 0.111. The number of hydrogen-bond donors (Lipinski definition) is 2. The van der Waals surface area contributed by atoms with Crippen molar-refractivity contribution in [1.29, 1.82) is 0 Å². The van der Waals surface area contributed by atoms with E-state index in [-0.39, 0.29) is 11.9 Å². The van der Waals surface area contributed by atoms with Crippen molar-refractivity contribution in [3.63, 3.8) is 0 Å². The lowest BCUT2D eigenvalue weighted by atomic mass is 9.99. The first-order valence-electron chi connectivity index (χ1n) is 4.34. The van der Waals surface area contributed by atoms with Crippen LogP contribution >= 0.6 is 0 Å². The SMILES string of the molecule is C#CCC(NN)c1ccc(F)cc1C. The summed E-state index contributed by atoms with van der Waals surface area (Å²) in [5, 5.41) is 0. The molecule has 74 valence electrons. The molecule has 3 heteroatoms. The fraction of sp³-hybridized carbons (Fsp3) is 0.273. The molecule has 0 fully saturated rings. The Labute approximate surface area is 83.3 Å². The fourth-order valence-corrected chi connectivity index (χ4v) is 1.41. The monoisotopic (exact) mass is 192 g/mol. The number of terminal acetylenes is 1. The Morgan fingerprint density at radius 1 is 1.64 bits per heavy atom. The lowest BCUT2D eigenvalue weighted by Crippen LogP contribution is -2.28. The van der Waals surface area contributed by atoms with E-state index in [0.29, 0.717) is 6.42 Å². The van der Waals surface area contributed by atoms with Gasteiger partial charge in [0, 0.05) is 6.42 Å². The van der Waals surface area contributed by atoms with Crippen molar-refractivity contribution in [1.82, 2.24) is 5.43 Å². The summed E-state index contributed by atoms with van der Waals surface area (Å²) >= 11 is 0. The first-order valence-corrected chi connectivity index (χ1v) is 4.34. The summed E-state index contributed by atoms with van der Waals surface area (Å²) in [4.78, 5) is 0. The summed E-state index contributed by atoms with van der Waals surface area (Å²) in [5.41, 5.74) is 4.40. The third-order valence-electron chi connectivity index (χ3n) is 2.13. The largest absolute Gasteiger partial charge is 0.271 e. The first-order chi connectivity index (χ1) is 6.69. The normalized spacial score (nSPS) is 12.1. The molecule has 0 aromatic heterocycles. The molecular formula is C11H13FN2. The van der Waals surface area contributed by atoms with E-state index in [9.17, 15) is 4.39 Å². The van der Waals surface area contributed by atoms with Gasteiger partial charge in [-0.2, -0.15) is 0 Å². The average molecular weight is 192 g/mol. The molecule has 2 nitrogen and oxygen atoms in total. The van der Waals surface area contributed by atoms with Gasteiger partial charge in [0.05, 0.1) is 6.04 Å². The maximum Gasteiger partial charge on any atom is 0.123 e. The molecule has 0 aliphatic heterocycles. The van der Waals surface area contributed by atoms with Gasteiger partial charge in [0.1, 0.15) is 5.82 Å². The quantitative estimate of drug-likeness (QED) is 0.434. The topological polar surface area (TPSA) is 38.0 Å². The number of rotatable bonds is 3. The fourth-order valence-electron chi connectivity index (χ4n) is 1.41. The molecule has 1 unspecified atom stereocenters. The standard InChI is InChI=1S/C11H13FN2/c1-3-4-11(14-13)10-6-5-9(12)7-8(10)2/h1,5-7,11,14H,4,13H2,2H3. The minimum atomic E-state index is -0.247. The molecule has 1 aromatic rings. The molecule has 3 N–H and O–H groups in total. The number of hydrogen-bond acceptors (Lipinski definition) is 2. The second kappa shape index (κ2) is 4.75. The molecule has 0 aliphatic carbocycles. The predicted octanol–water partition coefficient (Wildman–Crippen LogP) is 1.66. The van der Waals surface area contributed by atoms with Crippen molar-refractivity contribution in [3.8, 4) is 12.3 Å². The van der Waals surface area contributed by atoms with Crippen LogP contribution in [0.4, 0.5) is 4.39 Å². The van der Waals surface area contributed by atoms with E-state index in [2.05, 4.69) is 11.3 Å². The van der Waals surface area contributed by atoms with Crippen LogP contribution in [0.3, 0.4) is 0 Å². The Kier molecular flexibility index (Phi) is 3.63. The second-order valence-electron chi connectivity index (χ2n) is 3.13. The number of benzene rings is 1. The van der Waals surface area contributed by atoms with E-state index in [1.165, 1.54) is 12.1 Å². The summed E-state index contributed by atoms with van der Waals surface area (Å²) in [6, 6.07) is 4.46. The molecule has 0 aliphatic rings. The van der Waals surface area contributed by atoms with Crippen LogP contribution in [0, 0.1) is 25.1 Å². The van der Waals surface area contributed by atoms with Crippen LogP contribution in [-0.2, 0) is 0 Å². The highest BCUT2D eigenvalue weighted by Crippen LogP contribution is 2.20. The van der Waals surface area contributed by atoms with Gasteiger partial charge in [0.15, 0.2) is 0 Å². The van der Waals surface area contributed by atoms with Gasteiger partial charge < -0.3 is 0 Å². The molecule has 0 heterocycles. The summed E-state index contributed by atoms with van der Waals surface area (Å²) in [6.45, 7) is 1.83. The molecule has 1 rings (SSSR count). The Morgan fingerprint density at radius 3 is 2.86 bits per heavy atom. The average Bonchev–Trinajstić information content (AvgIpc) is 2.15. The Morgan fingerprint density at radius 2 is 2.36 bits per heavy atom. The van der Waals surface area contributed by atoms with Crippen LogP contribution in [0.1, 0.15) is 23.6 Å². The Hall–Kier alpha value is -1.37. The minimum Gasteiger partial charge on any atom is -0.271 e. The van der Waals surface area contributed by atoms with Crippen LogP contribution in [-0.4, -0.2) is 0 Å². The van der Waals surface area contributed by atoms with E-state index in [0.717, 1.165) is 11.1 Å². The number of hydrazine groups is 1. The number of aryl methyl sites for hydroxylation is 1. The van der Waals surface area contributed by atoms with E-state index in [1.54, 1.807) is 6.07 Å². The van der Waals surface area contributed by atoms with E-state index < -0.39 is 0 Å². The molecule has 0 amide bonds. The molecule has 0 saturated heterocycles. The summed E-state index contributed by atoms with van der Waals surface area (Å²) < 4.78 is 12.8. The van der Waals surface area contributed by atoms with Crippen molar-refractivity contribution >= 4 is 0 Å². The van der Waals surface area contributed by atoms with Gasteiger partial charge in [-0.05, 0) is 30.2 Å².